The Kier molecular flexibility index (Phi) is 7.73. The predicted molar refractivity (Wildman–Crippen MR) is 147 cm³/mol. The Morgan fingerprint density at radius 3 is 2.24 bits per heavy atom. The largest absolute Gasteiger partial charge is 0.497 e. The van der Waals surface area contributed by atoms with Gasteiger partial charge in [0, 0.05) is 32.7 Å². The lowest BCUT2D eigenvalue weighted by Crippen LogP contribution is -2.48. The first-order valence-corrected chi connectivity index (χ1v) is 12.8. The molecular weight excluding hydrogens is 460 g/mol. The molecule has 4 aromatic rings. The highest BCUT2D eigenvalue weighted by atomic mass is 16.5. The first-order valence-electron chi connectivity index (χ1n) is 12.8. The van der Waals surface area contributed by atoms with Gasteiger partial charge in [0.1, 0.15) is 5.75 Å². The summed E-state index contributed by atoms with van der Waals surface area (Å²) in [6, 6.07) is 25.0. The van der Waals surface area contributed by atoms with Crippen LogP contribution in [0.3, 0.4) is 0 Å². The molecule has 2 heterocycles. The van der Waals surface area contributed by atoms with E-state index in [1.54, 1.807) is 7.11 Å². The summed E-state index contributed by atoms with van der Waals surface area (Å²) in [5, 5.41) is 13.2. The maximum Gasteiger partial charge on any atom is 0.178 e. The fourth-order valence-electron chi connectivity index (χ4n) is 5.08. The van der Waals surface area contributed by atoms with Crippen molar-refractivity contribution in [2.75, 3.05) is 39.8 Å². The Hall–Kier alpha value is -3.81. The fraction of sp³-hybridized carbons (Fsp3) is 0.300. The first kappa shape index (κ1) is 24.9. The molecule has 1 aromatic heterocycles. The van der Waals surface area contributed by atoms with E-state index < -0.39 is 0 Å². The number of hydrogen-bond donors (Lipinski definition) is 0. The van der Waals surface area contributed by atoms with Crippen molar-refractivity contribution < 1.29 is 4.74 Å². The van der Waals surface area contributed by atoms with Gasteiger partial charge in [0.05, 0.1) is 18.8 Å². The minimum atomic E-state index is -0.0677. The van der Waals surface area contributed by atoms with Crippen molar-refractivity contribution in [3.05, 3.63) is 107 Å². The van der Waals surface area contributed by atoms with Crippen molar-refractivity contribution in [3.63, 3.8) is 0 Å². The maximum atomic E-state index is 5.42. The lowest BCUT2D eigenvalue weighted by molar-refractivity contribution is 0.113. The summed E-state index contributed by atoms with van der Waals surface area (Å²) >= 11 is 0. The normalized spacial score (nSPS) is 15.8. The molecule has 0 saturated carbocycles. The first-order chi connectivity index (χ1) is 18.1. The minimum Gasteiger partial charge on any atom is -0.497 e. The summed E-state index contributed by atoms with van der Waals surface area (Å²) in [6.07, 6.45) is 4.46. The molecule has 1 aliphatic rings. The minimum absolute atomic E-state index is 0.0677. The van der Waals surface area contributed by atoms with E-state index in [9.17, 15) is 0 Å². The molecule has 0 radical (unpaired) electrons. The van der Waals surface area contributed by atoms with Gasteiger partial charge in [-0.05, 0) is 58.7 Å². The number of tetrazole rings is 1. The molecule has 37 heavy (non-hydrogen) atoms. The topological polar surface area (TPSA) is 59.3 Å². The van der Waals surface area contributed by atoms with Crippen LogP contribution in [0.5, 0.6) is 5.75 Å². The molecule has 0 unspecified atom stereocenters. The van der Waals surface area contributed by atoms with Gasteiger partial charge < -0.3 is 4.74 Å². The number of methoxy groups -OCH3 is 1. The average Bonchev–Trinajstić information content (AvgIpc) is 3.39. The average molecular weight is 495 g/mol. The van der Waals surface area contributed by atoms with Crippen LogP contribution in [0.25, 0.3) is 11.8 Å². The Morgan fingerprint density at radius 2 is 1.57 bits per heavy atom. The highest BCUT2D eigenvalue weighted by molar-refractivity contribution is 5.49. The molecule has 0 aliphatic carbocycles. The fourth-order valence-corrected chi connectivity index (χ4v) is 5.08. The van der Waals surface area contributed by atoms with Crippen LogP contribution < -0.4 is 4.74 Å². The van der Waals surface area contributed by atoms with Crippen LogP contribution in [0.1, 0.15) is 34.1 Å². The zero-order valence-electron chi connectivity index (χ0n) is 21.8. The molecule has 1 saturated heterocycles. The van der Waals surface area contributed by atoms with Crippen molar-refractivity contribution in [1.29, 1.82) is 0 Å². The predicted octanol–water partition coefficient (Wildman–Crippen LogP) is 4.71. The van der Waals surface area contributed by atoms with E-state index in [-0.39, 0.29) is 6.04 Å². The van der Waals surface area contributed by atoms with Crippen molar-refractivity contribution in [2.45, 2.75) is 19.9 Å². The molecule has 3 aromatic carbocycles. The van der Waals surface area contributed by atoms with Gasteiger partial charge in [0.2, 0.25) is 0 Å². The molecule has 7 heteroatoms. The third-order valence-electron chi connectivity index (χ3n) is 7.07. The SMILES string of the molecule is COc1ccc([C@@H](c2nnnn2-c2c(C)cccc2C)N2CCN(CC=Cc3ccccc3)CC2)cc1. The zero-order valence-corrected chi connectivity index (χ0v) is 21.8. The van der Waals surface area contributed by atoms with Crippen LogP contribution in [-0.4, -0.2) is 69.8 Å². The third-order valence-corrected chi connectivity index (χ3v) is 7.07. The lowest BCUT2D eigenvalue weighted by atomic mass is 10.0. The Morgan fingerprint density at radius 1 is 0.865 bits per heavy atom. The van der Waals surface area contributed by atoms with Gasteiger partial charge in [0.25, 0.3) is 0 Å². The van der Waals surface area contributed by atoms with Gasteiger partial charge in [-0.2, -0.15) is 4.68 Å². The lowest BCUT2D eigenvalue weighted by Gasteiger charge is -2.38. The van der Waals surface area contributed by atoms with Crippen molar-refractivity contribution in [2.24, 2.45) is 0 Å². The van der Waals surface area contributed by atoms with E-state index in [1.165, 1.54) is 5.56 Å². The summed E-state index contributed by atoms with van der Waals surface area (Å²) in [7, 11) is 1.69. The van der Waals surface area contributed by atoms with Crippen LogP contribution in [0.4, 0.5) is 0 Å². The Labute approximate surface area is 219 Å². The number of hydrogen-bond acceptors (Lipinski definition) is 6. The monoisotopic (exact) mass is 494 g/mol. The van der Waals surface area contributed by atoms with Crippen LogP contribution >= 0.6 is 0 Å². The molecule has 0 amide bonds. The molecule has 1 aliphatic heterocycles. The van der Waals surface area contributed by atoms with Gasteiger partial charge in [-0.3, -0.25) is 9.80 Å². The molecule has 7 nitrogen and oxygen atoms in total. The quantitative estimate of drug-likeness (QED) is 0.354. The van der Waals surface area contributed by atoms with Crippen LogP contribution in [0.15, 0.2) is 78.9 Å². The second-order valence-corrected chi connectivity index (χ2v) is 9.51. The van der Waals surface area contributed by atoms with E-state index >= 15 is 0 Å². The molecule has 1 fully saturated rings. The summed E-state index contributed by atoms with van der Waals surface area (Å²) < 4.78 is 7.35. The summed E-state index contributed by atoms with van der Waals surface area (Å²) in [6.45, 7) is 8.98. The van der Waals surface area contributed by atoms with Gasteiger partial charge in [-0.1, -0.05) is 72.8 Å². The van der Waals surface area contributed by atoms with E-state index in [2.05, 4.69) is 106 Å². The zero-order chi connectivity index (χ0) is 25.6. The molecule has 5 rings (SSSR count). The van der Waals surface area contributed by atoms with Crippen LogP contribution in [0, 0.1) is 13.8 Å². The van der Waals surface area contributed by atoms with Crippen LogP contribution in [0.2, 0.25) is 0 Å². The molecule has 0 N–H and O–H groups in total. The number of aromatic nitrogens is 4. The van der Waals surface area contributed by atoms with E-state index in [0.717, 1.165) is 66.7 Å². The molecule has 1 atom stereocenters. The number of rotatable bonds is 8. The van der Waals surface area contributed by atoms with Crippen molar-refractivity contribution >= 4 is 6.08 Å². The number of aryl methyl sites for hydroxylation is 2. The Balaban J connectivity index is 1.39. The summed E-state index contributed by atoms with van der Waals surface area (Å²) in [4.78, 5) is 4.99. The number of benzene rings is 3. The Bertz CT molecular complexity index is 1300. The highest BCUT2D eigenvalue weighted by Gasteiger charge is 2.31. The number of para-hydroxylation sites is 1. The van der Waals surface area contributed by atoms with E-state index in [0.29, 0.717) is 0 Å². The third kappa shape index (κ3) is 5.63. The summed E-state index contributed by atoms with van der Waals surface area (Å²) in [5.74, 6) is 1.67. The molecular formula is C30H34N6O. The second kappa shape index (κ2) is 11.5. The van der Waals surface area contributed by atoms with Gasteiger partial charge in [0.15, 0.2) is 5.82 Å². The number of nitrogens with zero attached hydrogens (tertiary/aromatic N) is 6. The van der Waals surface area contributed by atoms with Crippen molar-refractivity contribution in [3.8, 4) is 11.4 Å². The smallest absolute Gasteiger partial charge is 0.178 e. The van der Waals surface area contributed by atoms with Gasteiger partial charge in [-0.15, -0.1) is 5.10 Å². The van der Waals surface area contributed by atoms with Gasteiger partial charge in [-0.25, -0.2) is 0 Å². The van der Waals surface area contributed by atoms with E-state index in [1.807, 2.05) is 22.9 Å². The van der Waals surface area contributed by atoms with Crippen LogP contribution in [-0.2, 0) is 0 Å². The molecule has 190 valence electrons. The highest BCUT2D eigenvalue weighted by Crippen LogP contribution is 2.31. The van der Waals surface area contributed by atoms with Crippen molar-refractivity contribution in [1.82, 2.24) is 30.0 Å². The standard InChI is InChI=1S/C30H34N6O/c1-23-9-7-10-24(2)28(23)36-30(31-32-33-36)29(26-14-16-27(37-3)17-15-26)35-21-19-34(20-22-35)18-8-13-25-11-5-4-6-12-25/h4-17,29H,18-22H2,1-3H3/t29-/m0/s1. The van der Waals surface area contributed by atoms with Gasteiger partial charge >= 0.3 is 0 Å². The van der Waals surface area contributed by atoms with E-state index in [4.69, 9.17) is 4.74 Å². The molecule has 0 bridgehead atoms. The molecule has 0 spiro atoms. The second-order valence-electron chi connectivity index (χ2n) is 9.51. The number of ether oxygens (including phenoxy) is 1. The maximum absolute atomic E-state index is 5.42. The summed E-state index contributed by atoms with van der Waals surface area (Å²) in [5.41, 5.74) is 5.74. The number of piperazine rings is 1.